The zero-order valence-corrected chi connectivity index (χ0v) is 15.7. The highest BCUT2D eigenvalue weighted by Gasteiger charge is 2.28. The molecule has 0 aliphatic heterocycles. The molecule has 0 amide bonds. The van der Waals surface area contributed by atoms with Gasteiger partial charge in [0.1, 0.15) is 20.2 Å². The Morgan fingerprint density at radius 3 is 1.89 bits per heavy atom. The van der Waals surface area contributed by atoms with Crippen molar-refractivity contribution in [3.8, 4) is 0 Å². The van der Waals surface area contributed by atoms with E-state index in [9.17, 15) is 18.0 Å². The summed E-state index contributed by atoms with van der Waals surface area (Å²) in [5.74, 6) is -2.75. The zero-order valence-electron chi connectivity index (χ0n) is 14.9. The van der Waals surface area contributed by atoms with Crippen molar-refractivity contribution in [3.05, 3.63) is 27.8 Å². The van der Waals surface area contributed by atoms with Crippen LogP contribution in [0.1, 0.15) is 44.3 Å². The molecule has 12 heteroatoms. The van der Waals surface area contributed by atoms with E-state index in [1.165, 1.54) is 0 Å². The van der Waals surface area contributed by atoms with Gasteiger partial charge < -0.3 is 9.47 Å². The van der Waals surface area contributed by atoms with Gasteiger partial charge in [0.2, 0.25) is 0 Å². The predicted octanol–water partition coefficient (Wildman–Crippen LogP) is -1.29. The molecule has 1 N–H and O–H groups in total. The van der Waals surface area contributed by atoms with E-state index in [2.05, 4.69) is 0 Å². The molecule has 0 spiro atoms. The Hall–Kier alpha value is -1.67. The highest BCUT2D eigenvalue weighted by atomic mass is 32.2. The van der Waals surface area contributed by atoms with Crippen molar-refractivity contribution < 1.29 is 32.0 Å². The van der Waals surface area contributed by atoms with Crippen LogP contribution in [0.2, 0.25) is 0 Å². The van der Waals surface area contributed by atoms with Crippen molar-refractivity contribution in [1.82, 2.24) is 0 Å². The number of hydrogen-bond donors (Lipinski definition) is 1. The Morgan fingerprint density at radius 1 is 0.926 bits per heavy atom. The Balaban J connectivity index is 3.59. The summed E-state index contributed by atoms with van der Waals surface area (Å²) in [5.41, 5.74) is 0.332. The molecule has 1 rings (SSSR count). The molecule has 8 radical (unpaired) electrons. The number of hydrogen-bond acceptors (Lipinski definition) is 6. The first-order chi connectivity index (χ1) is 12.6. The summed E-state index contributed by atoms with van der Waals surface area (Å²) < 4.78 is 40.2. The highest BCUT2D eigenvalue weighted by molar-refractivity contribution is 7.85. The van der Waals surface area contributed by atoms with Gasteiger partial charge in [-0.1, -0.05) is 35.6 Å². The predicted molar refractivity (Wildman–Crippen MR) is 103 cm³/mol. The van der Waals surface area contributed by atoms with E-state index in [1.54, 1.807) is 6.92 Å². The molecule has 0 saturated heterocycles. The van der Waals surface area contributed by atoms with Crippen molar-refractivity contribution in [3.63, 3.8) is 0 Å². The van der Waals surface area contributed by atoms with Crippen LogP contribution in [0.25, 0.3) is 0 Å². The van der Waals surface area contributed by atoms with Gasteiger partial charge in [-0.15, -0.1) is 0 Å². The average molecular weight is 384 g/mol. The van der Waals surface area contributed by atoms with E-state index in [1.807, 2.05) is 0 Å². The van der Waals surface area contributed by atoms with Crippen LogP contribution in [0.15, 0.2) is 0 Å². The largest absolute Gasteiger partial charge is 0.462 e. The minimum atomic E-state index is -4.34. The normalized spacial score (nSPS) is 11.2. The number of benzene rings is 1. The van der Waals surface area contributed by atoms with Gasteiger partial charge in [-0.05, 0) is 12.5 Å². The summed E-state index contributed by atoms with van der Waals surface area (Å²) in [6, 6.07) is 0. The Morgan fingerprint density at radius 2 is 1.44 bits per heavy atom. The summed E-state index contributed by atoms with van der Waals surface area (Å²) in [6.07, 6.45) is -0.303. The lowest BCUT2D eigenvalue weighted by Gasteiger charge is -2.23. The van der Waals surface area contributed by atoms with Crippen LogP contribution in [0.5, 0.6) is 0 Å². The van der Waals surface area contributed by atoms with Crippen LogP contribution in [-0.2, 0) is 38.6 Å². The zero-order chi connectivity index (χ0) is 20.8. The Bertz CT molecular complexity index is 824. The fraction of sp³-hybridized carbons (Fsp3) is 0.467. The Labute approximate surface area is 164 Å². The first-order valence-corrected chi connectivity index (χ1v) is 9.59. The monoisotopic (exact) mass is 384 g/mol. The molecular weight excluding hydrogens is 367 g/mol. The second-order valence-corrected chi connectivity index (χ2v) is 6.93. The van der Waals surface area contributed by atoms with Gasteiger partial charge in [-0.2, -0.15) is 8.42 Å². The second-order valence-electron chi connectivity index (χ2n) is 5.35. The fourth-order valence-corrected chi connectivity index (χ4v) is 2.88. The molecule has 136 valence electrons. The topological polar surface area (TPSA) is 107 Å². The van der Waals surface area contributed by atoms with Crippen molar-refractivity contribution >= 4 is 58.9 Å². The minimum absolute atomic E-state index is 0.0179. The van der Waals surface area contributed by atoms with Gasteiger partial charge in [0, 0.05) is 0 Å². The van der Waals surface area contributed by atoms with E-state index >= 15 is 0 Å². The molecule has 0 fully saturated rings. The van der Waals surface area contributed by atoms with Crippen molar-refractivity contribution in [2.24, 2.45) is 0 Å². The number of ether oxygens (including phenoxy) is 2. The molecule has 0 unspecified atom stereocenters. The van der Waals surface area contributed by atoms with E-state index in [0.29, 0.717) is 11.1 Å². The molecular formula is C15H16B4O7S. The van der Waals surface area contributed by atoms with Gasteiger partial charge in [0.05, 0.1) is 41.3 Å². The van der Waals surface area contributed by atoms with E-state index < -0.39 is 34.4 Å². The lowest BCUT2D eigenvalue weighted by molar-refractivity contribution is 0.0480. The van der Waals surface area contributed by atoms with Crippen LogP contribution in [0, 0.1) is 0 Å². The summed E-state index contributed by atoms with van der Waals surface area (Å²) in [6.45, 7) is 0.949. The number of esters is 2. The van der Waals surface area contributed by atoms with Crippen LogP contribution in [0.4, 0.5) is 0 Å². The maximum atomic E-state index is 12.6. The van der Waals surface area contributed by atoms with E-state index in [4.69, 9.17) is 45.4 Å². The third kappa shape index (κ3) is 5.65. The van der Waals surface area contributed by atoms with E-state index in [-0.39, 0.29) is 47.7 Å². The highest BCUT2D eigenvalue weighted by Crippen LogP contribution is 2.24. The molecule has 0 aliphatic rings. The second kappa shape index (κ2) is 10.0. The van der Waals surface area contributed by atoms with Gasteiger partial charge in [-0.3, -0.25) is 4.55 Å². The number of carbonyl (C=O) groups is 2. The smallest absolute Gasteiger partial charge is 0.339 e. The molecule has 0 saturated carbocycles. The van der Waals surface area contributed by atoms with Crippen LogP contribution in [-0.4, -0.2) is 75.3 Å². The Kier molecular flexibility index (Phi) is 8.68. The first-order valence-electron chi connectivity index (χ1n) is 7.98. The lowest BCUT2D eigenvalue weighted by atomic mass is 9.70. The molecule has 1 aromatic rings. The molecule has 0 aliphatic carbocycles. The van der Waals surface area contributed by atoms with Crippen LogP contribution in [0.3, 0.4) is 0 Å². The molecule has 27 heavy (non-hydrogen) atoms. The average Bonchev–Trinajstić information content (AvgIpc) is 2.59. The molecule has 0 bridgehead atoms. The van der Waals surface area contributed by atoms with Gasteiger partial charge >= 0.3 is 11.9 Å². The van der Waals surface area contributed by atoms with Crippen molar-refractivity contribution in [2.75, 3.05) is 19.0 Å². The third-order valence-corrected chi connectivity index (χ3v) is 4.43. The molecule has 1 aromatic carbocycles. The van der Waals surface area contributed by atoms with Crippen molar-refractivity contribution in [2.45, 2.75) is 25.9 Å². The van der Waals surface area contributed by atoms with E-state index in [0.717, 1.165) is 0 Å². The van der Waals surface area contributed by atoms with Crippen molar-refractivity contribution in [1.29, 1.82) is 0 Å². The molecule has 0 aromatic heterocycles. The minimum Gasteiger partial charge on any atom is -0.462 e. The SMILES string of the molecule is [B]Cc1c([B])c(C(=O)OCC)c(C(=O)OCCS(=O)(=O)O)c(C[B])c1C[B]. The maximum absolute atomic E-state index is 12.6. The lowest BCUT2D eigenvalue weighted by Crippen LogP contribution is -2.31. The number of carbonyl (C=O) groups excluding carboxylic acids is 2. The van der Waals surface area contributed by atoms with Crippen LogP contribution < -0.4 is 5.46 Å². The summed E-state index contributed by atoms with van der Waals surface area (Å²) in [4.78, 5) is 25.0. The van der Waals surface area contributed by atoms with Gasteiger partial charge in [-0.25, -0.2) is 9.59 Å². The molecule has 0 atom stereocenters. The summed E-state index contributed by atoms with van der Waals surface area (Å²) in [7, 11) is 18.9. The summed E-state index contributed by atoms with van der Waals surface area (Å²) in [5, 5.41) is 0. The van der Waals surface area contributed by atoms with Gasteiger partial charge in [0.25, 0.3) is 10.1 Å². The fourth-order valence-electron chi connectivity index (χ4n) is 2.59. The quantitative estimate of drug-likeness (QED) is 0.321. The number of rotatable bonds is 9. The first kappa shape index (κ1) is 23.4. The van der Waals surface area contributed by atoms with Crippen LogP contribution >= 0.6 is 0 Å². The standard InChI is InChI=1S/C15H16B4O7S/c1-2-25-15(21)12-11(14(20)26-3-4-27(22,23)24)9(6-17)8(5-16)10(7-18)13(12)19/h2-7H2,1H3,(H,22,23,24). The third-order valence-electron chi connectivity index (χ3n) is 3.75. The molecule has 7 nitrogen and oxygen atoms in total. The van der Waals surface area contributed by atoms with Gasteiger partial charge in [0.15, 0.2) is 0 Å². The maximum Gasteiger partial charge on any atom is 0.339 e. The molecule has 0 heterocycles. The summed E-state index contributed by atoms with van der Waals surface area (Å²) >= 11 is 0.